The molecule has 0 radical (unpaired) electrons. The Labute approximate surface area is 399 Å². The zero-order chi connectivity index (χ0) is 47.6. The van der Waals surface area contributed by atoms with Gasteiger partial charge >= 0.3 is 5.51 Å². The summed E-state index contributed by atoms with van der Waals surface area (Å²) in [5, 5.41) is 11.5. The van der Waals surface area contributed by atoms with E-state index < -0.39 is 52.8 Å². The van der Waals surface area contributed by atoms with Crippen molar-refractivity contribution in [2.24, 2.45) is 5.41 Å². The number of halogens is 4. The van der Waals surface area contributed by atoms with Gasteiger partial charge in [-0.2, -0.15) is 18.3 Å². The molecule has 1 atom stereocenters. The molecule has 4 aromatic carbocycles. The highest BCUT2D eigenvalue weighted by atomic mass is 35.5. The molecule has 0 bridgehead atoms. The largest absolute Gasteiger partial charge is 0.501 e. The minimum absolute atomic E-state index is 0.00797. The van der Waals surface area contributed by atoms with Gasteiger partial charge in [0.2, 0.25) is 0 Å². The SMILES string of the molecule is CC1(C)CCC(c2ccc(Cl)cc2)=C(CN2CCN(c3ccc(C(=O)NS(=O)(=O)c4ccc(N[C@H](CCn5cc6c(n5)CNC6)CSc5ccccc5)c(S(=O)(=O)C(F)(F)F)c4)cc3)CC2)C1. The van der Waals surface area contributed by atoms with E-state index in [0.717, 1.165) is 86.0 Å². The molecular formula is C48H53ClF3N7O5S3. The van der Waals surface area contributed by atoms with Crippen LogP contribution in [0.3, 0.4) is 0 Å². The number of piperazine rings is 1. The van der Waals surface area contributed by atoms with Crippen molar-refractivity contribution in [3.8, 4) is 0 Å². The number of aryl methyl sites for hydroxylation is 1. The molecule has 3 N–H and O–H groups in total. The van der Waals surface area contributed by atoms with Crippen LogP contribution in [-0.2, 0) is 39.5 Å². The van der Waals surface area contributed by atoms with Crippen LogP contribution in [0.2, 0.25) is 5.02 Å². The number of nitrogens with zero attached hydrogens (tertiary/aromatic N) is 4. The molecule has 1 amide bonds. The van der Waals surface area contributed by atoms with Crippen molar-refractivity contribution in [1.82, 2.24) is 24.7 Å². The van der Waals surface area contributed by atoms with E-state index in [9.17, 15) is 34.8 Å². The highest BCUT2D eigenvalue weighted by Gasteiger charge is 2.48. The Morgan fingerprint density at radius 1 is 0.925 bits per heavy atom. The van der Waals surface area contributed by atoms with Crippen LogP contribution < -0.4 is 20.3 Å². The van der Waals surface area contributed by atoms with E-state index in [0.29, 0.717) is 42.9 Å². The Morgan fingerprint density at radius 3 is 2.33 bits per heavy atom. The monoisotopic (exact) mass is 995 g/mol. The van der Waals surface area contributed by atoms with E-state index in [1.807, 2.05) is 53.4 Å². The number of nitrogens with one attached hydrogen (secondary N) is 3. The van der Waals surface area contributed by atoms with E-state index in [-0.39, 0.29) is 11.0 Å². The first-order chi connectivity index (χ1) is 31.8. The van der Waals surface area contributed by atoms with Gasteiger partial charge in [0.15, 0.2) is 0 Å². The fourth-order valence-electron chi connectivity index (χ4n) is 8.85. The van der Waals surface area contributed by atoms with Crippen LogP contribution in [0.5, 0.6) is 0 Å². The molecule has 1 fully saturated rings. The first-order valence-corrected chi connectivity index (χ1v) is 26.4. The number of sulfone groups is 1. The van der Waals surface area contributed by atoms with Crippen LogP contribution in [-0.4, -0.2) is 87.4 Å². The summed E-state index contributed by atoms with van der Waals surface area (Å²) < 4.78 is 99.8. The minimum Gasteiger partial charge on any atom is -0.380 e. The number of alkyl halides is 3. The summed E-state index contributed by atoms with van der Waals surface area (Å²) in [5.41, 5.74) is 0.874. The van der Waals surface area contributed by atoms with E-state index in [4.69, 9.17) is 11.6 Å². The van der Waals surface area contributed by atoms with Crippen molar-refractivity contribution in [2.45, 2.75) is 85.4 Å². The van der Waals surface area contributed by atoms with Crippen molar-refractivity contribution in [3.63, 3.8) is 0 Å². The molecule has 1 saturated heterocycles. The highest BCUT2D eigenvalue weighted by Crippen LogP contribution is 2.43. The zero-order valence-electron chi connectivity index (χ0n) is 37.2. The summed E-state index contributed by atoms with van der Waals surface area (Å²) in [6.07, 6.45) is 5.39. The number of hydrogen-bond acceptors (Lipinski definition) is 11. The number of amides is 1. The number of fused-ring (bicyclic) bond motifs is 1. The second-order valence-electron chi connectivity index (χ2n) is 18.0. The van der Waals surface area contributed by atoms with Gasteiger partial charge in [0.1, 0.15) is 4.90 Å². The van der Waals surface area contributed by atoms with Crippen LogP contribution in [0, 0.1) is 5.41 Å². The topological polar surface area (TPSA) is 146 Å². The molecule has 356 valence electrons. The standard InChI is InChI=1S/C48H53ClF3N7O5S3/c1-47(2)20-18-42(33-8-12-37(49)13-9-33)35(27-47)30-57-22-24-58(25-23-57)39-14-10-34(11-15-39)46(60)56-67(63,64)41-16-17-43(45(26-41)66(61,62)48(50,51)52)54-38(32-65-40-6-4-3-5-7-40)19-21-59-31-36-28-53-29-44(36)55-59/h3-17,26,31,38,53-54H,18-25,27-30,32H2,1-2H3,(H,56,60)/t38-/m1/s1. The fourth-order valence-corrected chi connectivity index (χ4v) is 12.0. The molecule has 3 heterocycles. The number of carbonyl (C=O) groups is 1. The number of carbonyl (C=O) groups excluding carboxylic acids is 1. The van der Waals surface area contributed by atoms with Gasteiger partial charge < -0.3 is 15.5 Å². The zero-order valence-corrected chi connectivity index (χ0v) is 40.4. The third-order valence-electron chi connectivity index (χ3n) is 12.5. The van der Waals surface area contributed by atoms with Gasteiger partial charge in [-0.25, -0.2) is 21.6 Å². The Kier molecular flexibility index (Phi) is 14.5. The molecule has 0 spiro atoms. The average molecular weight is 997 g/mol. The summed E-state index contributed by atoms with van der Waals surface area (Å²) >= 11 is 7.62. The van der Waals surface area contributed by atoms with Crippen LogP contribution in [0.1, 0.15) is 66.7 Å². The molecule has 8 rings (SSSR count). The van der Waals surface area contributed by atoms with Crippen molar-refractivity contribution in [1.29, 1.82) is 0 Å². The lowest BCUT2D eigenvalue weighted by Crippen LogP contribution is -2.47. The summed E-state index contributed by atoms with van der Waals surface area (Å²) in [6, 6.07) is 25.6. The fraction of sp³-hybridized carbons (Fsp3) is 0.375. The van der Waals surface area contributed by atoms with Gasteiger partial charge in [-0.05, 0) is 109 Å². The lowest BCUT2D eigenvalue weighted by atomic mass is 9.73. The lowest BCUT2D eigenvalue weighted by molar-refractivity contribution is -0.0435. The van der Waals surface area contributed by atoms with Crippen molar-refractivity contribution >= 4 is 66.1 Å². The molecule has 0 unspecified atom stereocenters. The predicted molar refractivity (Wildman–Crippen MR) is 257 cm³/mol. The second kappa shape index (κ2) is 20.0. The van der Waals surface area contributed by atoms with Crippen LogP contribution in [0.25, 0.3) is 5.57 Å². The Balaban J connectivity index is 0.938. The molecule has 5 aromatic rings. The highest BCUT2D eigenvalue weighted by molar-refractivity contribution is 7.99. The first-order valence-electron chi connectivity index (χ1n) is 22.1. The van der Waals surface area contributed by atoms with E-state index in [1.165, 1.54) is 40.6 Å². The molecule has 19 heteroatoms. The first kappa shape index (κ1) is 48.6. The Bertz CT molecular complexity index is 2810. The predicted octanol–water partition coefficient (Wildman–Crippen LogP) is 9.00. The maximum Gasteiger partial charge on any atom is 0.501 e. The molecule has 0 saturated carbocycles. The van der Waals surface area contributed by atoms with Crippen LogP contribution >= 0.6 is 23.4 Å². The van der Waals surface area contributed by atoms with E-state index >= 15 is 0 Å². The number of anilines is 2. The molecule has 1 aliphatic carbocycles. The van der Waals surface area contributed by atoms with Crippen molar-refractivity contribution in [3.05, 3.63) is 136 Å². The van der Waals surface area contributed by atoms with E-state index in [2.05, 4.69) is 51.5 Å². The normalized spacial score (nSPS) is 17.3. The maximum atomic E-state index is 14.2. The third-order valence-corrected chi connectivity index (χ3v) is 16.8. The molecule has 3 aliphatic rings. The number of sulfonamides is 1. The average Bonchev–Trinajstić information content (AvgIpc) is 3.91. The number of rotatable bonds is 16. The van der Waals surface area contributed by atoms with Gasteiger partial charge in [-0.1, -0.05) is 61.4 Å². The quantitative estimate of drug-likeness (QED) is 0.0815. The molecule has 2 aliphatic heterocycles. The molecule has 67 heavy (non-hydrogen) atoms. The second-order valence-corrected chi connectivity index (χ2v) is 23.1. The molecule has 12 nitrogen and oxygen atoms in total. The number of aromatic nitrogens is 2. The maximum absolute atomic E-state index is 14.2. The van der Waals surface area contributed by atoms with E-state index in [1.54, 1.807) is 16.8 Å². The Hall–Kier alpha value is -4.85. The van der Waals surface area contributed by atoms with Gasteiger partial charge in [-0.15, -0.1) is 11.8 Å². The number of allylic oxidation sites excluding steroid dienone is 1. The van der Waals surface area contributed by atoms with Crippen molar-refractivity contribution < 1.29 is 34.8 Å². The van der Waals surface area contributed by atoms with Crippen LogP contribution in [0.15, 0.2) is 124 Å². The third kappa shape index (κ3) is 11.7. The number of thioether (sulfide) groups is 1. The van der Waals surface area contributed by atoms with Gasteiger partial charge in [0.25, 0.3) is 25.8 Å². The van der Waals surface area contributed by atoms with Gasteiger partial charge in [0.05, 0.1) is 16.3 Å². The summed E-state index contributed by atoms with van der Waals surface area (Å²) in [7, 11) is -10.9. The molecular weight excluding hydrogens is 943 g/mol. The summed E-state index contributed by atoms with van der Waals surface area (Å²) in [6.45, 7) is 10.3. The number of hydrogen-bond donors (Lipinski definition) is 3. The summed E-state index contributed by atoms with van der Waals surface area (Å²) in [5.74, 6) is -0.704. The van der Waals surface area contributed by atoms with Gasteiger partial charge in [0, 0.05) is 97.1 Å². The number of benzene rings is 4. The molecule has 1 aromatic heterocycles. The van der Waals surface area contributed by atoms with Crippen LogP contribution in [0.4, 0.5) is 24.5 Å². The van der Waals surface area contributed by atoms with Crippen molar-refractivity contribution in [2.75, 3.05) is 48.7 Å². The summed E-state index contributed by atoms with van der Waals surface area (Å²) in [4.78, 5) is 16.8. The van der Waals surface area contributed by atoms with Gasteiger partial charge in [-0.3, -0.25) is 14.4 Å². The Morgan fingerprint density at radius 2 is 1.64 bits per heavy atom. The minimum atomic E-state index is -6.08. The smallest absolute Gasteiger partial charge is 0.380 e. The lowest BCUT2D eigenvalue weighted by Gasteiger charge is -2.39.